The van der Waals surface area contributed by atoms with Crippen LogP contribution in [0.25, 0.3) is 0 Å². The summed E-state index contributed by atoms with van der Waals surface area (Å²) in [5.74, 6) is 0. The van der Waals surface area contributed by atoms with Gasteiger partial charge in [-0.2, -0.15) is 0 Å². The van der Waals surface area contributed by atoms with E-state index in [0.29, 0.717) is 26.4 Å². The summed E-state index contributed by atoms with van der Waals surface area (Å²) in [4.78, 5) is 0. The Morgan fingerprint density at radius 2 is 0.811 bits per heavy atom. The molecular weight excluding hydrogens is 533 g/mol. The van der Waals surface area contributed by atoms with Crippen LogP contribution in [-0.4, -0.2) is 83.1 Å². The Kier molecular flexibility index (Phi) is 18.4. The van der Waals surface area contributed by atoms with E-state index in [1.54, 1.807) is 0 Å². The van der Waals surface area contributed by atoms with Gasteiger partial charge in [-0.3, -0.25) is 0 Å². The molecule has 2 N–H and O–H groups in total. The summed E-state index contributed by atoms with van der Waals surface area (Å²) in [5, 5.41) is 20.0. The van der Waals surface area contributed by atoms with Gasteiger partial charge in [0.2, 0.25) is 0 Å². The normalized spacial score (nSPS) is 13.9. The minimum absolute atomic E-state index is 0.148. The minimum atomic E-state index is -1.72. The van der Waals surface area contributed by atoms with Crippen LogP contribution in [0.3, 0.4) is 0 Å². The minimum Gasteiger partial charge on any atom is -0.455 e. The standard InChI is InChI=1S/C27H64O6Si4/c1-11-13-19-34(3,4)32-36(7,8)21-15-17-30-25-27(23-28,24-29)26-31-18-16-22-37(9,10)33-35(5,6)20-14-12-2/h28-29H,11-26H2,1-10H3. The molecule has 0 aliphatic carbocycles. The zero-order valence-corrected chi connectivity index (χ0v) is 30.3. The van der Waals surface area contributed by atoms with Crippen LogP contribution in [0.4, 0.5) is 0 Å². The predicted molar refractivity (Wildman–Crippen MR) is 169 cm³/mol. The molecule has 10 heteroatoms. The first-order valence-corrected chi connectivity index (χ1v) is 27.3. The topological polar surface area (TPSA) is 77.4 Å². The third-order valence-electron chi connectivity index (χ3n) is 6.99. The molecule has 224 valence electrons. The lowest BCUT2D eigenvalue weighted by molar-refractivity contribution is -0.0767. The maximum Gasteiger partial charge on any atom is 0.173 e. The molecule has 0 amide bonds. The summed E-state index contributed by atoms with van der Waals surface area (Å²) in [7, 11) is -6.60. The van der Waals surface area contributed by atoms with E-state index in [4.69, 9.17) is 17.7 Å². The van der Waals surface area contributed by atoms with E-state index in [0.717, 1.165) is 24.9 Å². The first-order valence-electron chi connectivity index (χ1n) is 14.8. The average Bonchev–Trinajstić information content (AvgIpc) is 2.78. The Morgan fingerprint density at radius 1 is 0.514 bits per heavy atom. The smallest absolute Gasteiger partial charge is 0.173 e. The summed E-state index contributed by atoms with van der Waals surface area (Å²) in [6.45, 7) is 24.7. The van der Waals surface area contributed by atoms with Crippen LogP contribution in [0.2, 0.25) is 76.6 Å². The molecule has 0 atom stereocenters. The Balaban J connectivity index is 4.40. The van der Waals surface area contributed by atoms with E-state index in [-0.39, 0.29) is 13.2 Å². The van der Waals surface area contributed by atoms with Crippen molar-refractivity contribution in [1.29, 1.82) is 0 Å². The van der Waals surface area contributed by atoms with Crippen LogP contribution < -0.4 is 0 Å². The number of hydrogen-bond acceptors (Lipinski definition) is 6. The lowest BCUT2D eigenvalue weighted by Crippen LogP contribution is -2.44. The van der Waals surface area contributed by atoms with Crippen molar-refractivity contribution in [3.63, 3.8) is 0 Å². The highest BCUT2D eigenvalue weighted by Gasteiger charge is 2.34. The molecule has 0 aromatic heterocycles. The molecule has 0 bridgehead atoms. The van der Waals surface area contributed by atoms with Gasteiger partial charge >= 0.3 is 0 Å². The third kappa shape index (κ3) is 18.6. The molecule has 0 aromatic rings. The fraction of sp³-hybridized carbons (Fsp3) is 1.00. The van der Waals surface area contributed by atoms with Crippen molar-refractivity contribution in [2.45, 2.75) is 129 Å². The largest absolute Gasteiger partial charge is 0.455 e. The fourth-order valence-electron chi connectivity index (χ4n) is 4.96. The molecule has 0 aromatic carbocycles. The zero-order valence-electron chi connectivity index (χ0n) is 26.3. The van der Waals surface area contributed by atoms with Crippen LogP contribution in [0.5, 0.6) is 0 Å². The first-order chi connectivity index (χ1) is 17.1. The lowest BCUT2D eigenvalue weighted by atomic mass is 9.92. The number of rotatable bonds is 24. The molecule has 0 heterocycles. The van der Waals surface area contributed by atoms with Gasteiger partial charge in [0, 0.05) is 13.2 Å². The molecule has 0 spiro atoms. The van der Waals surface area contributed by atoms with Gasteiger partial charge < -0.3 is 27.9 Å². The highest BCUT2D eigenvalue weighted by atomic mass is 28.4. The van der Waals surface area contributed by atoms with Gasteiger partial charge in [-0.1, -0.05) is 39.5 Å². The van der Waals surface area contributed by atoms with E-state index in [1.807, 2.05) is 0 Å². The van der Waals surface area contributed by atoms with Gasteiger partial charge in [-0.25, -0.2) is 0 Å². The Morgan fingerprint density at radius 3 is 1.08 bits per heavy atom. The van der Waals surface area contributed by atoms with Crippen molar-refractivity contribution in [2.75, 3.05) is 39.6 Å². The molecule has 0 fully saturated rings. The van der Waals surface area contributed by atoms with Gasteiger partial charge in [0.15, 0.2) is 33.3 Å². The average molecular weight is 597 g/mol. The van der Waals surface area contributed by atoms with Crippen LogP contribution in [-0.2, 0) is 17.7 Å². The van der Waals surface area contributed by atoms with Crippen molar-refractivity contribution >= 4 is 33.3 Å². The Bertz CT molecular complexity index is 537. The van der Waals surface area contributed by atoms with Gasteiger partial charge in [0.05, 0.1) is 31.8 Å². The third-order valence-corrected chi connectivity index (χ3v) is 22.1. The van der Waals surface area contributed by atoms with Crippen LogP contribution >= 0.6 is 0 Å². The SMILES string of the molecule is CCCC[Si](C)(C)O[Si](C)(C)CCCOCC(CO)(CO)COCCC[Si](C)(C)O[Si](C)(C)CCCC. The summed E-state index contributed by atoms with van der Waals surface area (Å²) < 4.78 is 25.2. The summed E-state index contributed by atoms with van der Waals surface area (Å²) in [6, 6.07) is 4.60. The van der Waals surface area contributed by atoms with E-state index in [9.17, 15) is 10.2 Å². The lowest BCUT2D eigenvalue weighted by Gasteiger charge is -2.34. The number of unbranched alkanes of at least 4 members (excludes halogenated alkanes) is 2. The number of ether oxygens (including phenoxy) is 2. The summed E-state index contributed by atoms with van der Waals surface area (Å²) in [6.07, 6.45) is 6.86. The van der Waals surface area contributed by atoms with Crippen LogP contribution in [0, 0.1) is 5.41 Å². The zero-order chi connectivity index (χ0) is 28.6. The van der Waals surface area contributed by atoms with Crippen molar-refractivity contribution in [3.8, 4) is 0 Å². The quantitative estimate of drug-likeness (QED) is 0.0904. The molecule has 37 heavy (non-hydrogen) atoms. The van der Waals surface area contributed by atoms with E-state index < -0.39 is 38.7 Å². The highest BCUT2D eigenvalue weighted by Crippen LogP contribution is 2.26. The van der Waals surface area contributed by atoms with Crippen LogP contribution in [0.1, 0.15) is 52.4 Å². The van der Waals surface area contributed by atoms with E-state index in [1.165, 1.54) is 37.8 Å². The fourth-order valence-corrected chi connectivity index (χ4v) is 23.0. The van der Waals surface area contributed by atoms with Gasteiger partial charge in [0.25, 0.3) is 0 Å². The monoisotopic (exact) mass is 596 g/mol. The molecule has 0 aliphatic heterocycles. The Hall–Kier alpha value is 0.628. The summed E-state index contributed by atoms with van der Waals surface area (Å²) in [5.41, 5.74) is -0.753. The number of aliphatic hydroxyl groups is 2. The molecule has 0 saturated heterocycles. The van der Waals surface area contributed by atoms with Gasteiger partial charge in [0.1, 0.15) is 0 Å². The molecule has 0 aliphatic rings. The molecule has 0 rings (SSSR count). The van der Waals surface area contributed by atoms with Crippen molar-refractivity contribution in [1.82, 2.24) is 0 Å². The van der Waals surface area contributed by atoms with Crippen molar-refractivity contribution in [2.24, 2.45) is 5.41 Å². The van der Waals surface area contributed by atoms with Crippen molar-refractivity contribution in [3.05, 3.63) is 0 Å². The second-order valence-corrected chi connectivity index (χ2v) is 31.3. The predicted octanol–water partition coefficient (Wildman–Crippen LogP) is 7.22. The van der Waals surface area contributed by atoms with Crippen LogP contribution in [0.15, 0.2) is 0 Å². The van der Waals surface area contributed by atoms with Gasteiger partial charge in [-0.15, -0.1) is 0 Å². The molecule has 6 nitrogen and oxygen atoms in total. The van der Waals surface area contributed by atoms with E-state index >= 15 is 0 Å². The number of hydrogen-bond donors (Lipinski definition) is 2. The van der Waals surface area contributed by atoms with Gasteiger partial charge in [-0.05, 0) is 89.4 Å². The van der Waals surface area contributed by atoms with E-state index in [2.05, 4.69) is 66.2 Å². The molecular formula is C27H64O6Si4. The summed E-state index contributed by atoms with van der Waals surface area (Å²) >= 11 is 0. The maximum atomic E-state index is 10.0. The highest BCUT2D eigenvalue weighted by molar-refractivity contribution is 6.85. The maximum absolute atomic E-state index is 10.0. The number of aliphatic hydroxyl groups excluding tert-OH is 2. The first kappa shape index (κ1) is 37.6. The second kappa shape index (κ2) is 18.1. The molecule has 0 radical (unpaired) electrons. The molecule has 0 saturated carbocycles. The molecule has 0 unspecified atom stereocenters. The Labute approximate surface area is 234 Å². The second-order valence-electron chi connectivity index (χ2n) is 13.6. The van der Waals surface area contributed by atoms with Crippen molar-refractivity contribution < 1.29 is 27.9 Å².